The number of primary amides is 1. The van der Waals surface area contributed by atoms with Crippen LogP contribution in [0.15, 0.2) is 54.6 Å². The zero-order chi connectivity index (χ0) is 21.0. The fourth-order valence-corrected chi connectivity index (χ4v) is 3.89. The van der Waals surface area contributed by atoms with Crippen molar-refractivity contribution < 1.29 is 14.4 Å². The van der Waals surface area contributed by atoms with Crippen molar-refractivity contribution >= 4 is 45.4 Å². The van der Waals surface area contributed by atoms with Crippen LogP contribution < -0.4 is 22.1 Å². The van der Waals surface area contributed by atoms with Crippen molar-refractivity contribution in [2.45, 2.75) is 13.3 Å². The number of nitrogens with two attached hydrogens (primary N) is 2. The number of nitrogen functional groups attached to an aromatic ring is 1. The van der Waals surface area contributed by atoms with Crippen LogP contribution in [-0.4, -0.2) is 17.7 Å². The molecule has 0 aliphatic carbocycles. The van der Waals surface area contributed by atoms with E-state index in [1.807, 2.05) is 12.1 Å². The molecule has 0 saturated heterocycles. The average molecular weight is 408 g/mol. The zero-order valence-corrected chi connectivity index (χ0v) is 16.5. The monoisotopic (exact) mass is 408 g/mol. The van der Waals surface area contributed by atoms with Gasteiger partial charge in [-0.2, -0.15) is 0 Å². The van der Waals surface area contributed by atoms with Gasteiger partial charge in [-0.15, -0.1) is 11.3 Å². The highest BCUT2D eigenvalue weighted by atomic mass is 32.1. The molecule has 3 amide bonds. The number of nitrogens with one attached hydrogen (secondary N) is 2. The first-order valence-electron chi connectivity index (χ1n) is 8.78. The van der Waals surface area contributed by atoms with Crippen molar-refractivity contribution in [3.8, 4) is 0 Å². The number of anilines is 3. The molecule has 2 aromatic carbocycles. The van der Waals surface area contributed by atoms with Gasteiger partial charge >= 0.3 is 0 Å². The number of amides is 3. The average Bonchev–Trinajstić information content (AvgIpc) is 3.06. The lowest BCUT2D eigenvalue weighted by Crippen LogP contribution is -2.14. The molecule has 0 aliphatic heterocycles. The maximum Gasteiger partial charge on any atom is 0.255 e. The minimum Gasteiger partial charge on any atom is -0.397 e. The van der Waals surface area contributed by atoms with Gasteiger partial charge in [0.1, 0.15) is 5.00 Å². The first kappa shape index (κ1) is 20.1. The van der Waals surface area contributed by atoms with Gasteiger partial charge in [0, 0.05) is 23.8 Å². The second-order valence-corrected chi connectivity index (χ2v) is 7.55. The molecular formula is C21H20N4O3S. The van der Waals surface area contributed by atoms with Gasteiger partial charge in [-0.25, -0.2) is 0 Å². The summed E-state index contributed by atoms with van der Waals surface area (Å²) in [4.78, 5) is 36.2. The summed E-state index contributed by atoms with van der Waals surface area (Å²) in [5.41, 5.74) is 14.0. The number of carbonyl (C=O) groups excluding carboxylic acids is 3. The summed E-state index contributed by atoms with van der Waals surface area (Å²) in [5.74, 6) is -1.12. The number of hydrogen-bond acceptors (Lipinski definition) is 5. The fraction of sp³-hybridized carbons (Fsp3) is 0.0952. The quantitative estimate of drug-likeness (QED) is 0.467. The Labute approximate surface area is 171 Å². The van der Waals surface area contributed by atoms with Gasteiger partial charge in [-0.05, 0) is 35.9 Å². The van der Waals surface area contributed by atoms with Gasteiger partial charge in [-0.3, -0.25) is 14.4 Å². The summed E-state index contributed by atoms with van der Waals surface area (Å²) < 4.78 is 0. The maximum atomic E-state index is 12.4. The number of benzene rings is 2. The van der Waals surface area contributed by atoms with Crippen LogP contribution in [0.2, 0.25) is 0 Å². The molecule has 3 rings (SSSR count). The maximum absolute atomic E-state index is 12.4. The summed E-state index contributed by atoms with van der Waals surface area (Å²) in [7, 11) is 0. The Morgan fingerprint density at radius 1 is 1.00 bits per heavy atom. The molecule has 29 heavy (non-hydrogen) atoms. The molecule has 0 atom stereocenters. The van der Waals surface area contributed by atoms with Crippen molar-refractivity contribution in [3.05, 3.63) is 76.2 Å². The molecule has 7 nitrogen and oxygen atoms in total. The Morgan fingerprint density at radius 3 is 2.31 bits per heavy atom. The zero-order valence-electron chi connectivity index (χ0n) is 15.7. The molecule has 0 bridgehead atoms. The second-order valence-electron chi connectivity index (χ2n) is 6.42. The molecule has 0 unspecified atom stereocenters. The van der Waals surface area contributed by atoms with E-state index in [9.17, 15) is 14.4 Å². The van der Waals surface area contributed by atoms with E-state index in [0.29, 0.717) is 28.4 Å². The molecule has 0 aliphatic rings. The molecule has 1 aromatic heterocycles. The third-order valence-electron chi connectivity index (χ3n) is 4.14. The van der Waals surface area contributed by atoms with Crippen LogP contribution >= 0.6 is 11.3 Å². The molecule has 0 spiro atoms. The smallest absolute Gasteiger partial charge is 0.255 e. The third kappa shape index (κ3) is 4.99. The first-order valence-corrected chi connectivity index (χ1v) is 9.60. The molecule has 1 heterocycles. The molecular weight excluding hydrogens is 388 g/mol. The SMILES string of the molecule is CC(=O)Nc1sc(Cc2ccc(C(=O)Nc3ccccc3N)cc2)cc1C(N)=O. The normalized spacial score (nSPS) is 10.4. The molecule has 0 saturated carbocycles. The number of carbonyl (C=O) groups is 3. The lowest BCUT2D eigenvalue weighted by molar-refractivity contribution is -0.114. The van der Waals surface area contributed by atoms with Crippen LogP contribution in [0.5, 0.6) is 0 Å². The Kier molecular flexibility index (Phi) is 5.94. The molecule has 6 N–H and O–H groups in total. The molecule has 8 heteroatoms. The molecule has 0 fully saturated rings. The summed E-state index contributed by atoms with van der Waals surface area (Å²) in [6.45, 7) is 1.37. The van der Waals surface area contributed by atoms with Crippen LogP contribution in [0, 0.1) is 0 Å². The topological polar surface area (TPSA) is 127 Å². The van der Waals surface area contributed by atoms with Crippen LogP contribution in [0.1, 0.15) is 38.1 Å². The first-order chi connectivity index (χ1) is 13.8. The largest absolute Gasteiger partial charge is 0.397 e. The standard InChI is InChI=1S/C21H20N4O3S/c1-12(26)24-21-16(19(23)27)11-15(29-21)10-13-6-8-14(9-7-13)20(28)25-18-5-3-2-4-17(18)22/h2-9,11H,10,22H2,1H3,(H2,23,27)(H,24,26)(H,25,28). The summed E-state index contributed by atoms with van der Waals surface area (Å²) >= 11 is 1.30. The lowest BCUT2D eigenvalue weighted by atomic mass is 10.1. The van der Waals surface area contributed by atoms with E-state index in [-0.39, 0.29) is 17.4 Å². The van der Waals surface area contributed by atoms with Gasteiger partial charge in [0.05, 0.1) is 16.9 Å². The fourth-order valence-electron chi connectivity index (χ4n) is 2.75. The van der Waals surface area contributed by atoms with E-state index in [1.54, 1.807) is 42.5 Å². The van der Waals surface area contributed by atoms with Crippen molar-refractivity contribution in [3.63, 3.8) is 0 Å². The van der Waals surface area contributed by atoms with Gasteiger partial charge in [0.2, 0.25) is 5.91 Å². The van der Waals surface area contributed by atoms with Gasteiger partial charge < -0.3 is 22.1 Å². The van der Waals surface area contributed by atoms with Gasteiger partial charge in [0.25, 0.3) is 11.8 Å². The molecule has 0 radical (unpaired) electrons. The van der Waals surface area contributed by atoms with Crippen LogP contribution in [0.25, 0.3) is 0 Å². The Hall–Kier alpha value is -3.65. The van der Waals surface area contributed by atoms with Crippen LogP contribution in [0.4, 0.5) is 16.4 Å². The second kappa shape index (κ2) is 8.57. The van der Waals surface area contributed by atoms with Crippen LogP contribution in [0.3, 0.4) is 0 Å². The van der Waals surface area contributed by atoms with E-state index < -0.39 is 5.91 Å². The van der Waals surface area contributed by atoms with Gasteiger partial charge in [-0.1, -0.05) is 24.3 Å². The van der Waals surface area contributed by atoms with Crippen molar-refractivity contribution in [1.29, 1.82) is 0 Å². The highest BCUT2D eigenvalue weighted by Crippen LogP contribution is 2.29. The van der Waals surface area contributed by atoms with Gasteiger partial charge in [0.15, 0.2) is 0 Å². The van der Waals surface area contributed by atoms with Crippen molar-refractivity contribution in [2.75, 3.05) is 16.4 Å². The predicted octanol–water partition coefficient (Wildman–Crippen LogP) is 3.23. The third-order valence-corrected chi connectivity index (χ3v) is 5.19. The van der Waals surface area contributed by atoms with E-state index in [1.165, 1.54) is 18.3 Å². The highest BCUT2D eigenvalue weighted by Gasteiger charge is 2.15. The Morgan fingerprint density at radius 2 is 1.69 bits per heavy atom. The Balaban J connectivity index is 1.72. The van der Waals surface area contributed by atoms with E-state index in [0.717, 1.165) is 10.4 Å². The summed E-state index contributed by atoms with van der Waals surface area (Å²) in [6.07, 6.45) is 0.540. The molecule has 148 valence electrons. The van der Waals surface area contributed by atoms with E-state index in [4.69, 9.17) is 11.5 Å². The lowest BCUT2D eigenvalue weighted by Gasteiger charge is -2.08. The minimum atomic E-state index is -0.594. The number of thiophene rings is 1. The van der Waals surface area contributed by atoms with E-state index >= 15 is 0 Å². The number of hydrogen-bond donors (Lipinski definition) is 4. The molecule has 3 aromatic rings. The summed E-state index contributed by atoms with van der Waals surface area (Å²) in [5, 5.41) is 5.85. The highest BCUT2D eigenvalue weighted by molar-refractivity contribution is 7.16. The number of rotatable bonds is 6. The predicted molar refractivity (Wildman–Crippen MR) is 115 cm³/mol. The van der Waals surface area contributed by atoms with Crippen molar-refractivity contribution in [2.24, 2.45) is 5.73 Å². The number of para-hydroxylation sites is 2. The van der Waals surface area contributed by atoms with Crippen LogP contribution in [-0.2, 0) is 11.2 Å². The minimum absolute atomic E-state index is 0.255. The Bertz CT molecular complexity index is 1070. The van der Waals surface area contributed by atoms with Crippen molar-refractivity contribution in [1.82, 2.24) is 0 Å². The van der Waals surface area contributed by atoms with E-state index in [2.05, 4.69) is 10.6 Å². The summed E-state index contributed by atoms with van der Waals surface area (Å²) in [6, 6.07) is 15.9.